The summed E-state index contributed by atoms with van der Waals surface area (Å²) in [6.07, 6.45) is 1.18. The van der Waals surface area contributed by atoms with Crippen molar-refractivity contribution >= 4 is 0 Å². The molecule has 2 rings (SSSR count). The molecule has 7 heteroatoms. The topological polar surface area (TPSA) is 91.1 Å². The van der Waals surface area contributed by atoms with Gasteiger partial charge in [-0.1, -0.05) is 6.92 Å². The van der Waals surface area contributed by atoms with E-state index in [-0.39, 0.29) is 11.7 Å². The summed E-state index contributed by atoms with van der Waals surface area (Å²) in [5, 5.41) is 8.79. The maximum atomic E-state index is 11.7. The van der Waals surface area contributed by atoms with E-state index in [0.29, 0.717) is 13.2 Å². The van der Waals surface area contributed by atoms with E-state index in [4.69, 9.17) is 10.00 Å². The van der Waals surface area contributed by atoms with Crippen LogP contribution in [0.4, 0.5) is 0 Å². The van der Waals surface area contributed by atoms with Gasteiger partial charge in [0.05, 0.1) is 19.3 Å². The maximum absolute atomic E-state index is 11.7. The van der Waals surface area contributed by atoms with E-state index in [9.17, 15) is 9.59 Å². The van der Waals surface area contributed by atoms with Crippen molar-refractivity contribution in [2.24, 2.45) is 0 Å². The van der Waals surface area contributed by atoms with Gasteiger partial charge in [0.25, 0.3) is 5.56 Å². The predicted octanol–water partition coefficient (Wildman–Crippen LogP) is -0.871. The Labute approximate surface area is 110 Å². The second kappa shape index (κ2) is 5.82. The van der Waals surface area contributed by atoms with Gasteiger partial charge < -0.3 is 4.74 Å². The Morgan fingerprint density at radius 2 is 2.37 bits per heavy atom. The van der Waals surface area contributed by atoms with Gasteiger partial charge in [-0.3, -0.25) is 19.2 Å². The second-order valence-electron chi connectivity index (χ2n) is 4.45. The number of hydrogen-bond acceptors (Lipinski definition) is 5. The Morgan fingerprint density at radius 3 is 3.05 bits per heavy atom. The van der Waals surface area contributed by atoms with Crippen LogP contribution in [0.15, 0.2) is 15.8 Å². The molecule has 1 fully saturated rings. The molecule has 1 atom stereocenters. The third-order valence-electron chi connectivity index (χ3n) is 3.20. The lowest BCUT2D eigenvalue weighted by molar-refractivity contribution is -0.0348. The van der Waals surface area contributed by atoms with E-state index in [0.717, 1.165) is 19.6 Å². The standard InChI is InChI=1S/C12H16N4O3/c1-2-15-3-4-19-10(7-15)8-16-6-9(5-13)11(17)14-12(16)18/h6,10H,2-4,7-8H2,1H3,(H,14,17,18). The number of likely N-dealkylation sites (N-methyl/N-ethyl adjacent to an activating group) is 1. The minimum Gasteiger partial charge on any atom is -0.374 e. The van der Waals surface area contributed by atoms with Gasteiger partial charge in [-0.05, 0) is 6.54 Å². The molecule has 1 aliphatic heterocycles. The molecule has 1 N–H and O–H groups in total. The van der Waals surface area contributed by atoms with Gasteiger partial charge in [0.15, 0.2) is 0 Å². The van der Waals surface area contributed by atoms with Crippen molar-refractivity contribution in [1.82, 2.24) is 14.5 Å². The van der Waals surface area contributed by atoms with Crippen LogP contribution < -0.4 is 11.2 Å². The first kappa shape index (κ1) is 13.5. The first-order chi connectivity index (χ1) is 9.13. The molecule has 0 radical (unpaired) electrons. The normalized spacial score (nSPS) is 20.1. The molecular weight excluding hydrogens is 248 g/mol. The summed E-state index contributed by atoms with van der Waals surface area (Å²) >= 11 is 0. The average Bonchev–Trinajstić information content (AvgIpc) is 2.42. The third-order valence-corrected chi connectivity index (χ3v) is 3.20. The van der Waals surface area contributed by atoms with E-state index >= 15 is 0 Å². The van der Waals surface area contributed by atoms with Crippen LogP contribution in [0, 0.1) is 11.3 Å². The quantitative estimate of drug-likeness (QED) is 0.766. The molecule has 0 amide bonds. The molecule has 1 aromatic heterocycles. The van der Waals surface area contributed by atoms with Crippen LogP contribution in [0.3, 0.4) is 0 Å². The predicted molar refractivity (Wildman–Crippen MR) is 67.9 cm³/mol. The van der Waals surface area contributed by atoms with Gasteiger partial charge >= 0.3 is 5.69 Å². The Balaban J connectivity index is 2.17. The minimum atomic E-state index is -0.650. The van der Waals surface area contributed by atoms with Crippen molar-refractivity contribution in [1.29, 1.82) is 5.26 Å². The summed E-state index contributed by atoms with van der Waals surface area (Å²) in [4.78, 5) is 27.3. The molecule has 2 heterocycles. The van der Waals surface area contributed by atoms with E-state index in [1.807, 2.05) is 0 Å². The largest absolute Gasteiger partial charge is 0.374 e. The lowest BCUT2D eigenvalue weighted by Crippen LogP contribution is -2.45. The van der Waals surface area contributed by atoms with Crippen molar-refractivity contribution in [3.63, 3.8) is 0 Å². The van der Waals surface area contributed by atoms with Gasteiger partial charge in [-0.15, -0.1) is 0 Å². The zero-order chi connectivity index (χ0) is 13.8. The molecular formula is C12H16N4O3. The number of nitriles is 1. The monoisotopic (exact) mass is 264 g/mol. The maximum Gasteiger partial charge on any atom is 0.328 e. The fourth-order valence-corrected chi connectivity index (χ4v) is 2.12. The summed E-state index contributed by atoms with van der Waals surface area (Å²) < 4.78 is 6.92. The van der Waals surface area contributed by atoms with E-state index in [1.54, 1.807) is 6.07 Å². The number of morpholine rings is 1. The van der Waals surface area contributed by atoms with Crippen molar-refractivity contribution in [2.45, 2.75) is 19.6 Å². The summed E-state index contributed by atoms with van der Waals surface area (Å²) in [5.41, 5.74) is -1.23. The minimum absolute atomic E-state index is 0.0669. The summed E-state index contributed by atoms with van der Waals surface area (Å²) in [7, 11) is 0. The molecule has 0 bridgehead atoms. The number of H-pyrrole nitrogens is 1. The van der Waals surface area contributed by atoms with Gasteiger partial charge in [-0.2, -0.15) is 5.26 Å². The number of ether oxygens (including phenoxy) is 1. The molecule has 102 valence electrons. The highest BCUT2D eigenvalue weighted by Crippen LogP contribution is 2.06. The molecule has 1 aromatic rings. The number of aromatic nitrogens is 2. The fraction of sp³-hybridized carbons (Fsp3) is 0.583. The zero-order valence-electron chi connectivity index (χ0n) is 10.8. The molecule has 1 saturated heterocycles. The number of rotatable bonds is 3. The van der Waals surface area contributed by atoms with Gasteiger partial charge in [0.1, 0.15) is 11.6 Å². The van der Waals surface area contributed by atoms with Crippen molar-refractivity contribution < 1.29 is 4.74 Å². The smallest absolute Gasteiger partial charge is 0.328 e. The number of nitrogens with zero attached hydrogens (tertiary/aromatic N) is 3. The molecule has 1 aliphatic rings. The molecule has 0 aromatic carbocycles. The first-order valence-corrected chi connectivity index (χ1v) is 6.22. The third kappa shape index (κ3) is 3.10. The zero-order valence-corrected chi connectivity index (χ0v) is 10.8. The van der Waals surface area contributed by atoms with Crippen LogP contribution in [0.2, 0.25) is 0 Å². The highest BCUT2D eigenvalue weighted by molar-refractivity contribution is 5.21. The van der Waals surface area contributed by atoms with E-state index in [2.05, 4.69) is 16.8 Å². The Hall–Kier alpha value is -1.91. The summed E-state index contributed by atoms with van der Waals surface area (Å²) in [6.45, 7) is 5.59. The molecule has 0 aliphatic carbocycles. The number of aromatic amines is 1. The SMILES string of the molecule is CCN1CCOC(Cn2cc(C#N)c(=O)[nH]c2=O)C1. The molecule has 0 spiro atoms. The van der Waals surface area contributed by atoms with Crippen LogP contribution >= 0.6 is 0 Å². The highest BCUT2D eigenvalue weighted by atomic mass is 16.5. The Kier molecular flexibility index (Phi) is 4.14. The lowest BCUT2D eigenvalue weighted by atomic mass is 10.2. The van der Waals surface area contributed by atoms with Crippen LogP contribution in [-0.4, -0.2) is 46.8 Å². The number of hydrogen-bond donors (Lipinski definition) is 1. The van der Waals surface area contributed by atoms with E-state index in [1.165, 1.54) is 10.8 Å². The van der Waals surface area contributed by atoms with Crippen LogP contribution in [0.5, 0.6) is 0 Å². The van der Waals surface area contributed by atoms with Crippen LogP contribution in [-0.2, 0) is 11.3 Å². The van der Waals surface area contributed by atoms with Gasteiger partial charge in [0.2, 0.25) is 0 Å². The van der Waals surface area contributed by atoms with Crippen molar-refractivity contribution in [2.75, 3.05) is 26.2 Å². The molecule has 0 saturated carbocycles. The van der Waals surface area contributed by atoms with Crippen molar-refractivity contribution in [3.05, 3.63) is 32.6 Å². The van der Waals surface area contributed by atoms with Gasteiger partial charge in [-0.25, -0.2) is 4.79 Å². The van der Waals surface area contributed by atoms with Crippen molar-refractivity contribution in [3.8, 4) is 6.07 Å². The average molecular weight is 264 g/mol. The van der Waals surface area contributed by atoms with Gasteiger partial charge in [0, 0.05) is 19.3 Å². The second-order valence-corrected chi connectivity index (χ2v) is 4.45. The Morgan fingerprint density at radius 1 is 1.58 bits per heavy atom. The molecule has 7 nitrogen and oxygen atoms in total. The molecule has 1 unspecified atom stereocenters. The summed E-state index contributed by atoms with van der Waals surface area (Å²) in [5.74, 6) is 0. The highest BCUT2D eigenvalue weighted by Gasteiger charge is 2.20. The van der Waals surface area contributed by atoms with Crippen LogP contribution in [0.1, 0.15) is 12.5 Å². The van der Waals surface area contributed by atoms with Crippen LogP contribution in [0.25, 0.3) is 0 Å². The van der Waals surface area contributed by atoms with E-state index < -0.39 is 11.2 Å². The Bertz CT molecular complexity index is 598. The first-order valence-electron chi connectivity index (χ1n) is 6.22. The molecule has 19 heavy (non-hydrogen) atoms. The number of nitrogens with one attached hydrogen (secondary N) is 1. The fourth-order valence-electron chi connectivity index (χ4n) is 2.12. The summed E-state index contributed by atoms with van der Waals surface area (Å²) in [6, 6.07) is 1.77. The lowest BCUT2D eigenvalue weighted by Gasteiger charge is -2.32.